The molecular formula is C27H29F3N4O4S. The van der Waals surface area contributed by atoms with Gasteiger partial charge in [0.15, 0.2) is 5.03 Å². The number of halogens is 3. The molecule has 1 fully saturated rings. The van der Waals surface area contributed by atoms with Crippen molar-refractivity contribution in [1.29, 1.82) is 0 Å². The Morgan fingerprint density at radius 2 is 1.87 bits per heavy atom. The highest BCUT2D eigenvalue weighted by molar-refractivity contribution is 7.92. The fourth-order valence-corrected chi connectivity index (χ4v) is 5.72. The third-order valence-electron chi connectivity index (χ3n) is 6.67. The monoisotopic (exact) mass is 562 g/mol. The van der Waals surface area contributed by atoms with Crippen molar-refractivity contribution in [2.24, 2.45) is 5.92 Å². The first kappa shape index (κ1) is 28.3. The zero-order valence-corrected chi connectivity index (χ0v) is 22.1. The number of aliphatic carboxylic acids is 1. The third kappa shape index (κ3) is 7.05. The quantitative estimate of drug-likeness (QED) is 0.342. The lowest BCUT2D eigenvalue weighted by Crippen LogP contribution is -2.36. The lowest BCUT2D eigenvalue weighted by molar-refractivity contribution is -0.138. The minimum atomic E-state index is -4.68. The molecule has 1 aromatic carbocycles. The molecule has 1 aliphatic rings. The SMILES string of the molecule is Cc1ccccc1-c1nc(NS(=O)(=O)c2cccc(N3CCCC(CCCC(=O)O)C3)n2)ccc1C(F)(F)F. The maximum Gasteiger partial charge on any atom is 0.418 e. The molecule has 0 spiro atoms. The number of carbonyl (C=O) groups is 1. The number of nitrogens with one attached hydrogen (secondary N) is 1. The van der Waals surface area contributed by atoms with E-state index in [0.717, 1.165) is 31.4 Å². The number of hydrogen-bond donors (Lipinski definition) is 2. The summed E-state index contributed by atoms with van der Waals surface area (Å²) < 4.78 is 69.9. The number of nitrogens with zero attached hydrogens (tertiary/aromatic N) is 3. The van der Waals surface area contributed by atoms with Crippen LogP contribution in [-0.2, 0) is 21.0 Å². The van der Waals surface area contributed by atoms with Crippen molar-refractivity contribution in [3.63, 3.8) is 0 Å². The average molecular weight is 563 g/mol. The van der Waals surface area contributed by atoms with E-state index in [1.54, 1.807) is 37.3 Å². The molecule has 208 valence electrons. The molecule has 8 nitrogen and oxygen atoms in total. The number of alkyl halides is 3. The Kier molecular flexibility index (Phi) is 8.43. The summed E-state index contributed by atoms with van der Waals surface area (Å²) in [5.74, 6) is -0.357. The van der Waals surface area contributed by atoms with Gasteiger partial charge in [0.05, 0.1) is 11.3 Å². The first-order valence-corrected chi connectivity index (χ1v) is 14.0. The molecule has 0 radical (unpaired) electrons. The van der Waals surface area contributed by atoms with Crippen LogP contribution in [0.3, 0.4) is 0 Å². The number of anilines is 2. The van der Waals surface area contributed by atoms with Crippen molar-refractivity contribution in [1.82, 2.24) is 9.97 Å². The molecule has 2 N–H and O–H groups in total. The molecule has 12 heteroatoms. The Morgan fingerprint density at radius 1 is 1.10 bits per heavy atom. The minimum Gasteiger partial charge on any atom is -0.481 e. The highest BCUT2D eigenvalue weighted by Gasteiger charge is 2.35. The zero-order valence-electron chi connectivity index (χ0n) is 21.3. The summed E-state index contributed by atoms with van der Waals surface area (Å²) in [5, 5.41) is 8.60. The van der Waals surface area contributed by atoms with Crippen molar-refractivity contribution >= 4 is 27.6 Å². The number of aryl methyl sites for hydroxylation is 1. The number of carboxylic acids is 1. The number of piperidine rings is 1. The summed E-state index contributed by atoms with van der Waals surface area (Å²) in [6.45, 7) is 2.96. The predicted molar refractivity (Wildman–Crippen MR) is 141 cm³/mol. The van der Waals surface area contributed by atoms with Crippen LogP contribution in [-0.4, -0.2) is 42.6 Å². The fraction of sp³-hybridized carbons (Fsp3) is 0.370. The van der Waals surface area contributed by atoms with Gasteiger partial charge in [-0.2, -0.15) is 21.6 Å². The minimum absolute atomic E-state index is 0.109. The summed E-state index contributed by atoms with van der Waals surface area (Å²) in [6.07, 6.45) is -1.42. The first-order valence-electron chi connectivity index (χ1n) is 12.5. The molecule has 3 heterocycles. The summed E-state index contributed by atoms with van der Waals surface area (Å²) >= 11 is 0. The van der Waals surface area contributed by atoms with Crippen LogP contribution in [0.15, 0.2) is 59.6 Å². The number of sulfonamides is 1. The lowest BCUT2D eigenvalue weighted by atomic mass is 9.93. The van der Waals surface area contributed by atoms with Gasteiger partial charge in [-0.15, -0.1) is 0 Å². The van der Waals surface area contributed by atoms with Crippen LogP contribution in [0.25, 0.3) is 11.3 Å². The summed E-state index contributed by atoms with van der Waals surface area (Å²) in [7, 11) is -4.27. The van der Waals surface area contributed by atoms with Crippen molar-refractivity contribution in [2.75, 3.05) is 22.7 Å². The van der Waals surface area contributed by atoms with Gasteiger partial charge in [0.2, 0.25) is 0 Å². The molecule has 0 saturated carbocycles. The average Bonchev–Trinajstić information content (AvgIpc) is 2.88. The van der Waals surface area contributed by atoms with E-state index in [4.69, 9.17) is 5.11 Å². The Hall–Kier alpha value is -3.67. The molecule has 0 amide bonds. The number of hydrogen-bond acceptors (Lipinski definition) is 6. The van der Waals surface area contributed by atoms with Gasteiger partial charge in [0.1, 0.15) is 11.6 Å². The fourth-order valence-electron chi connectivity index (χ4n) is 4.76. The standard InChI is InChI=1S/C27H29F3N4O4S/c1-18-7-2-3-10-20(18)26-21(27(28,29)30)14-15-22(31-26)33-39(37,38)24-12-5-11-23(32-24)34-16-6-9-19(17-34)8-4-13-25(35)36/h2-3,5,7,10-12,14-15,19H,4,6,8-9,13,16-17H2,1H3,(H,31,33)(H,35,36). The summed E-state index contributed by atoms with van der Waals surface area (Å²) in [4.78, 5) is 21.2. The summed E-state index contributed by atoms with van der Waals surface area (Å²) in [6, 6.07) is 12.8. The summed E-state index contributed by atoms with van der Waals surface area (Å²) in [5.41, 5.74) is -0.533. The number of aromatic nitrogens is 2. The van der Waals surface area contributed by atoms with Crippen molar-refractivity contribution < 1.29 is 31.5 Å². The first-order chi connectivity index (χ1) is 18.4. The van der Waals surface area contributed by atoms with Crippen molar-refractivity contribution in [3.8, 4) is 11.3 Å². The van der Waals surface area contributed by atoms with E-state index in [1.165, 1.54) is 12.1 Å². The van der Waals surface area contributed by atoms with Gasteiger partial charge in [0, 0.05) is 25.1 Å². The molecule has 39 heavy (non-hydrogen) atoms. The largest absolute Gasteiger partial charge is 0.481 e. The van der Waals surface area contributed by atoms with Crippen LogP contribution in [0.1, 0.15) is 43.2 Å². The molecule has 2 aromatic heterocycles. The molecule has 3 aromatic rings. The molecule has 4 rings (SSSR count). The second-order valence-corrected chi connectivity index (χ2v) is 11.2. The maximum atomic E-state index is 13.7. The number of pyridine rings is 2. The van der Waals surface area contributed by atoms with Crippen molar-refractivity contribution in [3.05, 3.63) is 65.7 Å². The predicted octanol–water partition coefficient (Wildman–Crippen LogP) is 5.74. The van der Waals surface area contributed by atoms with E-state index in [2.05, 4.69) is 14.7 Å². The topological polar surface area (TPSA) is 112 Å². The zero-order chi connectivity index (χ0) is 28.2. The highest BCUT2D eigenvalue weighted by Crippen LogP contribution is 2.38. The third-order valence-corrected chi connectivity index (χ3v) is 7.93. The van der Waals surface area contributed by atoms with Crippen molar-refractivity contribution in [2.45, 2.75) is 50.2 Å². The van der Waals surface area contributed by atoms with E-state index < -0.39 is 27.7 Å². The van der Waals surface area contributed by atoms with Crippen LogP contribution >= 0.6 is 0 Å². The number of carboxylic acid groups (broad SMARTS) is 1. The molecule has 0 aliphatic carbocycles. The second kappa shape index (κ2) is 11.6. The van der Waals surface area contributed by atoms with E-state index >= 15 is 0 Å². The molecule has 0 bridgehead atoms. The number of rotatable bonds is 9. The Labute approximate surface area is 225 Å². The molecule has 1 unspecified atom stereocenters. The van der Waals surface area contributed by atoms with E-state index in [1.807, 2.05) is 4.90 Å². The van der Waals surface area contributed by atoms with E-state index in [9.17, 15) is 26.4 Å². The van der Waals surface area contributed by atoms with Gasteiger partial charge >= 0.3 is 12.1 Å². The molecule has 1 saturated heterocycles. The molecule has 1 aliphatic heterocycles. The van der Waals surface area contributed by atoms with Gasteiger partial charge in [0.25, 0.3) is 10.0 Å². The number of benzene rings is 1. The van der Waals surface area contributed by atoms with Gasteiger partial charge in [-0.25, -0.2) is 9.97 Å². The Bertz CT molecular complexity index is 1450. The van der Waals surface area contributed by atoms with E-state index in [-0.39, 0.29) is 34.4 Å². The van der Waals surface area contributed by atoms with Crippen LogP contribution in [0.4, 0.5) is 24.8 Å². The second-order valence-electron chi connectivity index (χ2n) is 9.59. The van der Waals surface area contributed by atoms with Crippen LogP contribution in [0.2, 0.25) is 0 Å². The molecular weight excluding hydrogens is 533 g/mol. The van der Waals surface area contributed by atoms with Crippen LogP contribution < -0.4 is 9.62 Å². The van der Waals surface area contributed by atoms with Gasteiger partial charge in [-0.3, -0.25) is 9.52 Å². The normalized spacial score (nSPS) is 16.2. The van der Waals surface area contributed by atoms with E-state index in [0.29, 0.717) is 30.9 Å². The lowest BCUT2D eigenvalue weighted by Gasteiger charge is -2.33. The molecule has 1 atom stereocenters. The Balaban J connectivity index is 1.57. The van der Waals surface area contributed by atoms with Gasteiger partial charge in [-0.05, 0) is 68.4 Å². The maximum absolute atomic E-state index is 13.7. The Morgan fingerprint density at radius 3 is 2.59 bits per heavy atom. The van der Waals surface area contributed by atoms with Gasteiger partial charge in [-0.1, -0.05) is 30.3 Å². The smallest absolute Gasteiger partial charge is 0.418 e. The van der Waals surface area contributed by atoms with Crippen LogP contribution in [0, 0.1) is 12.8 Å². The van der Waals surface area contributed by atoms with Gasteiger partial charge < -0.3 is 10.0 Å². The highest BCUT2D eigenvalue weighted by atomic mass is 32.2. The van der Waals surface area contributed by atoms with Crippen LogP contribution in [0.5, 0.6) is 0 Å².